The van der Waals surface area contributed by atoms with E-state index in [0.717, 1.165) is 29.9 Å². The van der Waals surface area contributed by atoms with Crippen LogP contribution in [0.4, 0.5) is 10.2 Å². The summed E-state index contributed by atoms with van der Waals surface area (Å²) in [6.07, 6.45) is 3.29. The zero-order valence-corrected chi connectivity index (χ0v) is 12.7. The number of nitrogens with zero attached hydrogens (tertiary/aromatic N) is 2. The Morgan fingerprint density at radius 1 is 1.23 bits per heavy atom. The van der Waals surface area contributed by atoms with E-state index in [9.17, 15) is 4.39 Å². The second-order valence-electron chi connectivity index (χ2n) is 5.80. The molecule has 1 saturated heterocycles. The highest BCUT2D eigenvalue weighted by Gasteiger charge is 2.34. The number of hydrogen-bond donors (Lipinski definition) is 1. The summed E-state index contributed by atoms with van der Waals surface area (Å²) in [5, 5.41) is 3.38. The first-order valence-corrected chi connectivity index (χ1v) is 7.54. The number of aryl methyl sites for hydroxylation is 1. The Hall–Kier alpha value is -2.01. The van der Waals surface area contributed by atoms with Gasteiger partial charge in [0.1, 0.15) is 18.0 Å². The number of aromatic nitrogens is 2. The number of hydrogen-bond acceptors (Lipinski definition) is 4. The van der Waals surface area contributed by atoms with Crippen LogP contribution in [-0.2, 0) is 10.2 Å². The molecule has 22 heavy (non-hydrogen) atoms. The monoisotopic (exact) mass is 301 g/mol. The second kappa shape index (κ2) is 6.40. The summed E-state index contributed by atoms with van der Waals surface area (Å²) >= 11 is 0. The van der Waals surface area contributed by atoms with Crippen LogP contribution in [0.1, 0.15) is 24.1 Å². The Balaban J connectivity index is 1.83. The van der Waals surface area contributed by atoms with E-state index < -0.39 is 0 Å². The fourth-order valence-corrected chi connectivity index (χ4v) is 2.96. The molecule has 4 nitrogen and oxygen atoms in total. The van der Waals surface area contributed by atoms with Gasteiger partial charge in [-0.1, -0.05) is 12.1 Å². The predicted octanol–water partition coefficient (Wildman–Crippen LogP) is 3.08. The highest BCUT2D eigenvalue weighted by molar-refractivity contribution is 5.37. The molecule has 0 atom stereocenters. The zero-order chi connectivity index (χ0) is 15.4. The Labute approximate surface area is 129 Å². The van der Waals surface area contributed by atoms with Crippen LogP contribution in [0.3, 0.4) is 0 Å². The summed E-state index contributed by atoms with van der Waals surface area (Å²) in [5.41, 5.74) is 1.82. The van der Waals surface area contributed by atoms with Gasteiger partial charge in [-0.15, -0.1) is 0 Å². The van der Waals surface area contributed by atoms with E-state index in [0.29, 0.717) is 19.8 Å². The summed E-state index contributed by atoms with van der Waals surface area (Å²) in [4.78, 5) is 8.34. The minimum atomic E-state index is -0.193. The lowest BCUT2D eigenvalue weighted by Crippen LogP contribution is -2.40. The molecule has 116 valence electrons. The number of ether oxygens (including phenoxy) is 1. The van der Waals surface area contributed by atoms with Crippen LogP contribution in [0.2, 0.25) is 0 Å². The van der Waals surface area contributed by atoms with Crippen LogP contribution in [0.5, 0.6) is 0 Å². The van der Waals surface area contributed by atoms with Crippen molar-refractivity contribution in [3.63, 3.8) is 0 Å². The standard InChI is InChI=1S/C17H20FN3O/c1-13-9-16(21-12-20-13)19-11-17(5-7-22-8-6-17)14-3-2-4-15(18)10-14/h2-4,9-10,12H,5-8,11H2,1H3,(H,19,20,21). The molecular weight excluding hydrogens is 281 g/mol. The number of halogens is 1. The topological polar surface area (TPSA) is 47.0 Å². The third kappa shape index (κ3) is 3.25. The Morgan fingerprint density at radius 2 is 2.05 bits per heavy atom. The van der Waals surface area contributed by atoms with Gasteiger partial charge in [0.05, 0.1) is 0 Å². The van der Waals surface area contributed by atoms with E-state index in [1.165, 1.54) is 6.07 Å². The highest BCUT2D eigenvalue weighted by Crippen LogP contribution is 2.35. The van der Waals surface area contributed by atoms with E-state index >= 15 is 0 Å². The molecule has 0 radical (unpaired) electrons. The maximum Gasteiger partial charge on any atom is 0.129 e. The normalized spacial score (nSPS) is 17.2. The van der Waals surface area contributed by atoms with E-state index in [4.69, 9.17) is 4.74 Å². The van der Waals surface area contributed by atoms with E-state index in [1.54, 1.807) is 18.5 Å². The van der Waals surface area contributed by atoms with Gasteiger partial charge in [-0.2, -0.15) is 0 Å². The average Bonchev–Trinajstić information content (AvgIpc) is 2.54. The van der Waals surface area contributed by atoms with Crippen molar-refractivity contribution in [2.24, 2.45) is 0 Å². The highest BCUT2D eigenvalue weighted by atomic mass is 19.1. The van der Waals surface area contributed by atoms with E-state index in [2.05, 4.69) is 15.3 Å². The average molecular weight is 301 g/mol. The van der Waals surface area contributed by atoms with Gasteiger partial charge >= 0.3 is 0 Å². The van der Waals surface area contributed by atoms with Gasteiger partial charge in [0.2, 0.25) is 0 Å². The Bertz CT molecular complexity index is 641. The largest absolute Gasteiger partial charge is 0.381 e. The fraction of sp³-hybridized carbons (Fsp3) is 0.412. The van der Waals surface area contributed by atoms with Crippen molar-refractivity contribution in [1.29, 1.82) is 0 Å². The molecule has 2 heterocycles. The van der Waals surface area contributed by atoms with Gasteiger partial charge in [-0.25, -0.2) is 14.4 Å². The van der Waals surface area contributed by atoms with Crippen LogP contribution < -0.4 is 5.32 Å². The Kier molecular flexibility index (Phi) is 4.34. The molecule has 1 aliphatic heterocycles. The summed E-state index contributed by atoms with van der Waals surface area (Å²) in [6.45, 7) is 4.03. The summed E-state index contributed by atoms with van der Waals surface area (Å²) < 4.78 is 19.1. The van der Waals surface area contributed by atoms with Crippen molar-refractivity contribution >= 4 is 5.82 Å². The lowest BCUT2D eigenvalue weighted by Gasteiger charge is -2.38. The molecule has 1 aromatic carbocycles. The minimum Gasteiger partial charge on any atom is -0.381 e. The van der Waals surface area contributed by atoms with Gasteiger partial charge in [-0.3, -0.25) is 0 Å². The lowest BCUT2D eigenvalue weighted by molar-refractivity contribution is 0.0542. The van der Waals surface area contributed by atoms with Gasteiger partial charge in [0.15, 0.2) is 0 Å². The summed E-state index contributed by atoms with van der Waals surface area (Å²) in [5.74, 6) is 0.607. The first kappa shape index (κ1) is 14.9. The first-order chi connectivity index (χ1) is 10.7. The molecule has 1 N–H and O–H groups in total. The Morgan fingerprint density at radius 3 is 2.77 bits per heavy atom. The van der Waals surface area contributed by atoms with Crippen molar-refractivity contribution < 1.29 is 9.13 Å². The third-order valence-corrected chi connectivity index (χ3v) is 4.30. The van der Waals surface area contributed by atoms with Gasteiger partial charge in [0.25, 0.3) is 0 Å². The quantitative estimate of drug-likeness (QED) is 0.942. The van der Waals surface area contributed by atoms with E-state index in [-0.39, 0.29) is 11.2 Å². The van der Waals surface area contributed by atoms with Gasteiger partial charge < -0.3 is 10.1 Å². The maximum atomic E-state index is 13.6. The van der Waals surface area contributed by atoms with Gasteiger partial charge in [-0.05, 0) is 37.5 Å². The van der Waals surface area contributed by atoms with Crippen LogP contribution in [0.15, 0.2) is 36.7 Å². The third-order valence-electron chi connectivity index (χ3n) is 4.30. The fourth-order valence-electron chi connectivity index (χ4n) is 2.96. The van der Waals surface area contributed by atoms with E-state index in [1.807, 2.05) is 19.1 Å². The predicted molar refractivity (Wildman–Crippen MR) is 83.4 cm³/mol. The summed E-state index contributed by atoms with van der Waals surface area (Å²) in [7, 11) is 0. The van der Waals surface area contributed by atoms with Crippen LogP contribution in [0, 0.1) is 12.7 Å². The molecule has 1 fully saturated rings. The van der Waals surface area contributed by atoms with Gasteiger partial charge in [0, 0.05) is 36.9 Å². The smallest absolute Gasteiger partial charge is 0.129 e. The first-order valence-electron chi connectivity index (χ1n) is 7.54. The molecule has 0 aliphatic carbocycles. The number of benzene rings is 1. The number of rotatable bonds is 4. The molecule has 0 spiro atoms. The SMILES string of the molecule is Cc1cc(NCC2(c3cccc(F)c3)CCOCC2)ncn1. The second-order valence-corrected chi connectivity index (χ2v) is 5.80. The molecule has 0 saturated carbocycles. The molecule has 2 aromatic rings. The maximum absolute atomic E-state index is 13.6. The zero-order valence-electron chi connectivity index (χ0n) is 12.7. The van der Waals surface area contributed by atoms with Crippen LogP contribution >= 0.6 is 0 Å². The van der Waals surface area contributed by atoms with Crippen LogP contribution in [0.25, 0.3) is 0 Å². The molecule has 3 rings (SSSR count). The van der Waals surface area contributed by atoms with Crippen molar-refractivity contribution in [2.75, 3.05) is 25.1 Å². The van der Waals surface area contributed by atoms with Crippen LogP contribution in [-0.4, -0.2) is 29.7 Å². The molecule has 0 amide bonds. The molecule has 1 aromatic heterocycles. The lowest BCUT2D eigenvalue weighted by atomic mass is 9.74. The number of anilines is 1. The number of nitrogens with one attached hydrogen (secondary N) is 1. The molecular formula is C17H20FN3O. The minimum absolute atomic E-state index is 0.126. The van der Waals surface area contributed by atoms with Crippen molar-refractivity contribution in [3.8, 4) is 0 Å². The molecule has 5 heteroatoms. The summed E-state index contributed by atoms with van der Waals surface area (Å²) in [6, 6.07) is 8.81. The van der Waals surface area contributed by atoms with Crippen molar-refractivity contribution in [2.45, 2.75) is 25.2 Å². The van der Waals surface area contributed by atoms with Crippen molar-refractivity contribution in [1.82, 2.24) is 9.97 Å². The molecule has 1 aliphatic rings. The molecule has 0 unspecified atom stereocenters. The van der Waals surface area contributed by atoms with Crippen molar-refractivity contribution in [3.05, 3.63) is 53.7 Å². The molecule has 0 bridgehead atoms.